The number of hydrogen-bond donors (Lipinski definition) is 1. The molecule has 1 saturated heterocycles. The van der Waals surface area contributed by atoms with Crippen molar-refractivity contribution in [1.29, 1.82) is 0 Å². The van der Waals surface area contributed by atoms with Gasteiger partial charge in [-0.05, 0) is 65.7 Å². The van der Waals surface area contributed by atoms with Gasteiger partial charge in [-0.25, -0.2) is 0 Å². The minimum Gasteiger partial charge on any atom is -0.345 e. The maximum atomic E-state index is 4.24. The Bertz CT molecular complexity index is 1120. The molecular formula is C28H32N2. The highest BCUT2D eigenvalue weighted by molar-refractivity contribution is 5.86. The van der Waals surface area contributed by atoms with E-state index >= 15 is 0 Å². The number of fused-ring (bicyclic) bond motifs is 1. The Morgan fingerprint density at radius 2 is 1.70 bits per heavy atom. The standard InChI is InChI=1S/C22H21N.C6H11N/c1-4-18-9-5-7-11-20(18)15-17(2)23(3)22-14-13-19-10-6-8-12-21(19)16-22;1-2-6-4-3-5-7-6/h4-16H,2H2,1,3H3;2,6-7H,1,3-5H2/b18-4-,20-15-;/t;6-/m.1/s1. The Morgan fingerprint density at radius 3 is 2.33 bits per heavy atom. The lowest BCUT2D eigenvalue weighted by molar-refractivity contribution is 0.729. The summed E-state index contributed by atoms with van der Waals surface area (Å²) in [5.74, 6) is 0. The molecule has 0 spiro atoms. The number of allylic oxidation sites excluding steroid dienone is 1. The fourth-order valence-electron chi connectivity index (χ4n) is 3.65. The predicted molar refractivity (Wildman–Crippen MR) is 133 cm³/mol. The highest BCUT2D eigenvalue weighted by Gasteiger charge is 2.07. The molecule has 4 rings (SSSR count). The summed E-state index contributed by atoms with van der Waals surface area (Å²) in [5, 5.41) is 8.20. The third-order valence-electron chi connectivity index (χ3n) is 5.56. The molecule has 1 fully saturated rings. The number of rotatable bonds is 4. The molecule has 0 unspecified atom stereocenters. The molecule has 1 N–H and O–H groups in total. The number of anilines is 1. The van der Waals surface area contributed by atoms with Gasteiger partial charge in [-0.3, -0.25) is 0 Å². The lowest BCUT2D eigenvalue weighted by Crippen LogP contribution is -2.25. The van der Waals surface area contributed by atoms with E-state index in [1.54, 1.807) is 0 Å². The van der Waals surface area contributed by atoms with Gasteiger partial charge in [-0.1, -0.05) is 73.3 Å². The molecule has 2 nitrogen and oxygen atoms in total. The molecule has 3 aromatic carbocycles. The summed E-state index contributed by atoms with van der Waals surface area (Å²) in [4.78, 5) is 2.12. The van der Waals surface area contributed by atoms with E-state index in [2.05, 4.69) is 116 Å². The van der Waals surface area contributed by atoms with Crippen molar-refractivity contribution < 1.29 is 0 Å². The lowest BCUT2D eigenvalue weighted by atomic mass is 10.1. The summed E-state index contributed by atoms with van der Waals surface area (Å²) in [7, 11) is 2.06. The van der Waals surface area contributed by atoms with E-state index in [0.717, 1.165) is 11.4 Å². The van der Waals surface area contributed by atoms with Gasteiger partial charge in [0, 0.05) is 24.5 Å². The molecule has 0 aliphatic carbocycles. The van der Waals surface area contributed by atoms with Crippen LogP contribution < -0.4 is 20.7 Å². The van der Waals surface area contributed by atoms with Gasteiger partial charge >= 0.3 is 0 Å². The summed E-state index contributed by atoms with van der Waals surface area (Å²) < 4.78 is 0. The first-order valence-corrected chi connectivity index (χ1v) is 10.6. The normalized spacial score (nSPS) is 16.8. The predicted octanol–water partition coefficient (Wildman–Crippen LogP) is 5.00. The van der Waals surface area contributed by atoms with E-state index in [9.17, 15) is 0 Å². The zero-order chi connectivity index (χ0) is 21.3. The van der Waals surface area contributed by atoms with E-state index < -0.39 is 0 Å². The first-order chi connectivity index (χ1) is 14.6. The van der Waals surface area contributed by atoms with Crippen LogP contribution in [0.5, 0.6) is 0 Å². The van der Waals surface area contributed by atoms with Crippen molar-refractivity contribution in [3.8, 4) is 0 Å². The van der Waals surface area contributed by atoms with Crippen molar-refractivity contribution in [3.05, 3.63) is 102 Å². The van der Waals surface area contributed by atoms with Crippen molar-refractivity contribution in [1.82, 2.24) is 5.32 Å². The summed E-state index contributed by atoms with van der Waals surface area (Å²) in [6, 6.07) is 23.9. The van der Waals surface area contributed by atoms with Crippen molar-refractivity contribution in [3.63, 3.8) is 0 Å². The molecule has 1 aliphatic heterocycles. The van der Waals surface area contributed by atoms with Crippen LogP contribution in [0.4, 0.5) is 5.69 Å². The van der Waals surface area contributed by atoms with Crippen LogP contribution in [0.2, 0.25) is 0 Å². The van der Waals surface area contributed by atoms with E-state index in [-0.39, 0.29) is 0 Å². The highest BCUT2D eigenvalue weighted by Crippen LogP contribution is 2.23. The zero-order valence-corrected chi connectivity index (χ0v) is 18.1. The third-order valence-corrected chi connectivity index (χ3v) is 5.56. The highest BCUT2D eigenvalue weighted by atomic mass is 15.1. The summed E-state index contributed by atoms with van der Waals surface area (Å²) in [6.45, 7) is 11.2. The molecule has 0 aromatic heterocycles. The van der Waals surface area contributed by atoms with Crippen LogP contribution >= 0.6 is 0 Å². The van der Waals surface area contributed by atoms with Gasteiger partial charge in [0.25, 0.3) is 0 Å². The van der Waals surface area contributed by atoms with Gasteiger partial charge in [0.1, 0.15) is 0 Å². The third kappa shape index (κ3) is 5.49. The summed E-state index contributed by atoms with van der Waals surface area (Å²) in [5.41, 5.74) is 2.11. The SMILES string of the molecule is C=C(/C=c1/cccc/c1=C/C)N(C)c1ccc2ccccc2c1.C=C[C@@H]1CCCN1. The number of benzene rings is 3. The van der Waals surface area contributed by atoms with Gasteiger partial charge in [0.05, 0.1) is 0 Å². The Labute approximate surface area is 180 Å². The molecule has 30 heavy (non-hydrogen) atoms. The van der Waals surface area contributed by atoms with Gasteiger partial charge in [0.15, 0.2) is 0 Å². The Morgan fingerprint density at radius 1 is 1.00 bits per heavy atom. The van der Waals surface area contributed by atoms with Crippen LogP contribution in [0, 0.1) is 0 Å². The van der Waals surface area contributed by atoms with Crippen LogP contribution in [0.15, 0.2) is 91.7 Å². The molecule has 1 atom stereocenters. The molecular weight excluding hydrogens is 364 g/mol. The second-order valence-corrected chi connectivity index (χ2v) is 7.58. The van der Waals surface area contributed by atoms with E-state index in [4.69, 9.17) is 0 Å². The Balaban J connectivity index is 0.000000310. The fourth-order valence-corrected chi connectivity index (χ4v) is 3.65. The summed E-state index contributed by atoms with van der Waals surface area (Å²) >= 11 is 0. The zero-order valence-electron chi connectivity index (χ0n) is 18.1. The van der Waals surface area contributed by atoms with Crippen molar-refractivity contribution in [2.45, 2.75) is 25.8 Å². The fraction of sp³-hybridized carbons (Fsp3) is 0.214. The van der Waals surface area contributed by atoms with Crippen LogP contribution in [0.1, 0.15) is 19.8 Å². The smallest absolute Gasteiger partial charge is 0.0414 e. The van der Waals surface area contributed by atoms with Gasteiger partial charge in [0.2, 0.25) is 0 Å². The van der Waals surface area contributed by atoms with E-state index in [1.165, 1.54) is 40.6 Å². The molecule has 0 radical (unpaired) electrons. The van der Waals surface area contributed by atoms with E-state index in [1.807, 2.05) is 6.08 Å². The number of nitrogens with zero attached hydrogens (tertiary/aromatic N) is 1. The molecule has 1 aliphatic rings. The van der Waals surface area contributed by atoms with Crippen LogP contribution in [-0.2, 0) is 0 Å². The first kappa shape index (κ1) is 21.6. The average molecular weight is 397 g/mol. The van der Waals surface area contributed by atoms with Gasteiger partial charge < -0.3 is 10.2 Å². The maximum absolute atomic E-state index is 4.24. The minimum absolute atomic E-state index is 0.611. The van der Waals surface area contributed by atoms with E-state index in [0.29, 0.717) is 6.04 Å². The first-order valence-electron chi connectivity index (χ1n) is 10.6. The topological polar surface area (TPSA) is 15.3 Å². The summed E-state index contributed by atoms with van der Waals surface area (Å²) in [6.07, 6.45) is 8.83. The molecule has 1 heterocycles. The quantitative estimate of drug-likeness (QED) is 0.625. The van der Waals surface area contributed by atoms with Crippen molar-refractivity contribution >= 4 is 28.6 Å². The van der Waals surface area contributed by atoms with Gasteiger partial charge in [-0.15, -0.1) is 6.58 Å². The lowest BCUT2D eigenvalue weighted by Gasteiger charge is -2.20. The minimum atomic E-state index is 0.611. The Kier molecular flexibility index (Phi) is 7.64. The van der Waals surface area contributed by atoms with Crippen molar-refractivity contribution in [2.75, 3.05) is 18.5 Å². The molecule has 3 aromatic rings. The monoisotopic (exact) mass is 396 g/mol. The van der Waals surface area contributed by atoms with Crippen molar-refractivity contribution in [2.24, 2.45) is 0 Å². The molecule has 0 bridgehead atoms. The number of hydrogen-bond acceptors (Lipinski definition) is 2. The Hall–Kier alpha value is -3.10. The van der Waals surface area contributed by atoms with Gasteiger partial charge in [-0.2, -0.15) is 0 Å². The van der Waals surface area contributed by atoms with Crippen LogP contribution in [-0.4, -0.2) is 19.6 Å². The second-order valence-electron chi connectivity index (χ2n) is 7.58. The van der Waals surface area contributed by atoms with Crippen LogP contribution in [0.25, 0.3) is 22.9 Å². The molecule has 2 heteroatoms. The molecule has 0 amide bonds. The maximum Gasteiger partial charge on any atom is 0.0414 e. The average Bonchev–Trinajstić information content (AvgIpc) is 3.33. The van der Waals surface area contributed by atoms with Crippen LogP contribution in [0.3, 0.4) is 0 Å². The number of nitrogens with one attached hydrogen (secondary N) is 1. The second kappa shape index (κ2) is 10.6. The molecule has 0 saturated carbocycles. The largest absolute Gasteiger partial charge is 0.345 e. The molecule has 154 valence electrons.